The molecule has 1 aromatic heterocycles. The summed E-state index contributed by atoms with van der Waals surface area (Å²) in [5.74, 6) is -0.547. The highest BCUT2D eigenvalue weighted by Crippen LogP contribution is 2.47. The molecule has 2 atom stereocenters. The molecule has 0 spiro atoms. The molecule has 1 N–H and O–H groups in total. The molecular formula is C31H34NO6PS. The monoisotopic (exact) mass is 579 g/mol. The van der Waals surface area contributed by atoms with E-state index in [2.05, 4.69) is 11.7 Å². The zero-order valence-corrected chi connectivity index (χ0v) is 24.6. The highest BCUT2D eigenvalue weighted by atomic mass is 32.1. The van der Waals surface area contributed by atoms with E-state index in [1.54, 1.807) is 37.3 Å². The number of nitrogens with one attached hydrogen (secondary N) is 1. The van der Waals surface area contributed by atoms with E-state index in [9.17, 15) is 14.2 Å². The number of thiophene rings is 1. The third kappa shape index (κ3) is 8.91. The van der Waals surface area contributed by atoms with Gasteiger partial charge in [-0.2, -0.15) is 0 Å². The molecule has 9 heteroatoms. The third-order valence-corrected chi connectivity index (χ3v) is 8.63. The molecule has 0 aliphatic heterocycles. The predicted octanol–water partition coefficient (Wildman–Crippen LogP) is 7.76. The maximum Gasteiger partial charge on any atom is 0.348 e. The van der Waals surface area contributed by atoms with E-state index in [4.69, 9.17) is 14.0 Å². The lowest BCUT2D eigenvalue weighted by atomic mass is 10.2. The standard InChI is InChI=1S/C29H28NO6PS.C2H6/c1-3-16-34-29(32)27-18-24-17-23(14-15-26(24)38-27)20-37(33,36-25-12-8-5-9-13-25)30-21(2)28(31)35-19-22-10-6-4-7-11-22;1-2/h3-15,17-18,21H,1,16,19-20H2,2H3,(H,30,33);1-2H3. The fourth-order valence-electron chi connectivity index (χ4n) is 3.70. The molecule has 4 aromatic rings. The number of fused-ring (bicyclic) bond motifs is 1. The van der Waals surface area contributed by atoms with Crippen LogP contribution in [-0.4, -0.2) is 24.6 Å². The minimum atomic E-state index is -3.62. The second kappa shape index (κ2) is 15.2. The van der Waals surface area contributed by atoms with Crippen LogP contribution in [0.15, 0.2) is 97.6 Å². The summed E-state index contributed by atoms with van der Waals surface area (Å²) < 4.78 is 31.5. The van der Waals surface area contributed by atoms with E-state index in [0.29, 0.717) is 10.6 Å². The van der Waals surface area contributed by atoms with Crippen molar-refractivity contribution < 1.29 is 28.2 Å². The Hall–Kier alpha value is -3.71. The Balaban J connectivity index is 0.00000216. The summed E-state index contributed by atoms with van der Waals surface area (Å²) in [5, 5.41) is 3.72. The molecule has 0 radical (unpaired) electrons. The summed E-state index contributed by atoms with van der Waals surface area (Å²) >= 11 is 1.32. The van der Waals surface area contributed by atoms with Crippen molar-refractivity contribution >= 4 is 40.9 Å². The molecule has 0 aliphatic rings. The Morgan fingerprint density at radius 1 is 0.950 bits per heavy atom. The van der Waals surface area contributed by atoms with Crippen molar-refractivity contribution in [2.45, 2.75) is 39.6 Å². The fraction of sp³-hybridized carbons (Fsp3) is 0.226. The SMILES string of the molecule is C=CCOC(=O)c1cc2cc(CP(=O)(NC(C)C(=O)OCc3ccccc3)Oc3ccccc3)ccc2s1.CC. The summed E-state index contributed by atoms with van der Waals surface area (Å²) in [6, 6.07) is 24.6. The van der Waals surface area contributed by atoms with E-state index in [-0.39, 0.29) is 19.4 Å². The van der Waals surface area contributed by atoms with Crippen LogP contribution in [0.4, 0.5) is 0 Å². The van der Waals surface area contributed by atoms with Gasteiger partial charge in [-0.1, -0.05) is 81.1 Å². The molecule has 2 unspecified atom stereocenters. The van der Waals surface area contributed by atoms with Crippen molar-refractivity contribution in [1.82, 2.24) is 5.09 Å². The first-order valence-corrected chi connectivity index (χ1v) is 15.6. The Bertz CT molecular complexity index is 1450. The Labute approximate surface area is 239 Å². The number of hydrogen-bond acceptors (Lipinski definition) is 7. The highest BCUT2D eigenvalue weighted by Gasteiger charge is 2.31. The molecule has 210 valence electrons. The van der Waals surface area contributed by atoms with Crippen molar-refractivity contribution in [2.24, 2.45) is 0 Å². The summed E-state index contributed by atoms with van der Waals surface area (Å²) in [6.07, 6.45) is 1.53. The number of carbonyl (C=O) groups excluding carboxylic acids is 2. The van der Waals surface area contributed by atoms with Crippen molar-refractivity contribution in [3.8, 4) is 5.75 Å². The van der Waals surface area contributed by atoms with Crippen molar-refractivity contribution in [3.05, 3.63) is 114 Å². The van der Waals surface area contributed by atoms with Crippen LogP contribution in [-0.2, 0) is 31.6 Å². The quantitative estimate of drug-likeness (QED) is 0.104. The van der Waals surface area contributed by atoms with Gasteiger partial charge < -0.3 is 14.0 Å². The number of ether oxygens (including phenoxy) is 2. The lowest BCUT2D eigenvalue weighted by Gasteiger charge is -2.24. The average molecular weight is 580 g/mol. The Morgan fingerprint density at radius 3 is 2.30 bits per heavy atom. The zero-order chi connectivity index (χ0) is 29.0. The lowest BCUT2D eigenvalue weighted by molar-refractivity contribution is -0.146. The van der Waals surface area contributed by atoms with E-state index in [0.717, 1.165) is 21.2 Å². The maximum absolute atomic E-state index is 14.1. The van der Waals surface area contributed by atoms with Gasteiger partial charge in [-0.25, -0.2) is 9.88 Å². The number of esters is 2. The minimum Gasteiger partial charge on any atom is -0.460 e. The first-order valence-electron chi connectivity index (χ1n) is 13.0. The molecule has 40 heavy (non-hydrogen) atoms. The van der Waals surface area contributed by atoms with Gasteiger partial charge in [0.1, 0.15) is 29.9 Å². The largest absolute Gasteiger partial charge is 0.460 e. The highest BCUT2D eigenvalue weighted by molar-refractivity contribution is 7.56. The zero-order valence-electron chi connectivity index (χ0n) is 22.9. The van der Waals surface area contributed by atoms with E-state index in [1.165, 1.54) is 17.4 Å². The first kappa shape index (κ1) is 30.8. The van der Waals surface area contributed by atoms with Gasteiger partial charge in [0.25, 0.3) is 0 Å². The van der Waals surface area contributed by atoms with Gasteiger partial charge in [0, 0.05) is 4.70 Å². The normalized spacial score (nSPS) is 12.8. The Kier molecular flexibility index (Phi) is 11.7. The number of hydrogen-bond donors (Lipinski definition) is 1. The molecule has 7 nitrogen and oxygen atoms in total. The fourth-order valence-corrected chi connectivity index (χ4v) is 6.68. The van der Waals surface area contributed by atoms with E-state index >= 15 is 0 Å². The van der Waals surface area contributed by atoms with Crippen LogP contribution in [0.1, 0.15) is 41.6 Å². The molecule has 0 amide bonds. The molecule has 0 bridgehead atoms. The van der Waals surface area contributed by atoms with Crippen LogP contribution in [0.3, 0.4) is 0 Å². The van der Waals surface area contributed by atoms with Gasteiger partial charge in [0.05, 0.1) is 6.16 Å². The van der Waals surface area contributed by atoms with Crippen molar-refractivity contribution in [2.75, 3.05) is 6.61 Å². The predicted molar refractivity (Wildman–Crippen MR) is 161 cm³/mol. The van der Waals surface area contributed by atoms with Crippen LogP contribution in [0.2, 0.25) is 0 Å². The second-order valence-corrected chi connectivity index (χ2v) is 11.7. The number of benzene rings is 3. The number of rotatable bonds is 12. The van der Waals surface area contributed by atoms with Crippen molar-refractivity contribution in [3.63, 3.8) is 0 Å². The van der Waals surface area contributed by atoms with Gasteiger partial charge >= 0.3 is 19.5 Å². The summed E-state index contributed by atoms with van der Waals surface area (Å²) in [7, 11) is -3.62. The molecule has 3 aromatic carbocycles. The summed E-state index contributed by atoms with van der Waals surface area (Å²) in [4.78, 5) is 25.4. The second-order valence-electron chi connectivity index (χ2n) is 8.55. The molecule has 0 saturated carbocycles. The topological polar surface area (TPSA) is 90.9 Å². The molecule has 0 aliphatic carbocycles. The molecule has 0 saturated heterocycles. The van der Waals surface area contributed by atoms with Crippen molar-refractivity contribution in [1.29, 1.82) is 0 Å². The van der Waals surface area contributed by atoms with Crippen LogP contribution in [0.25, 0.3) is 10.1 Å². The molecular weight excluding hydrogens is 545 g/mol. The Morgan fingerprint density at radius 2 is 1.62 bits per heavy atom. The van der Waals surface area contributed by atoms with Crippen LogP contribution >= 0.6 is 18.9 Å². The third-order valence-electron chi connectivity index (χ3n) is 5.47. The van der Waals surface area contributed by atoms with Crippen LogP contribution in [0, 0.1) is 0 Å². The smallest absolute Gasteiger partial charge is 0.348 e. The van der Waals surface area contributed by atoms with E-state index < -0.39 is 25.5 Å². The first-order chi connectivity index (χ1) is 19.3. The van der Waals surface area contributed by atoms with Gasteiger partial charge in [-0.05, 0) is 53.8 Å². The van der Waals surface area contributed by atoms with Gasteiger partial charge in [0.2, 0.25) is 0 Å². The van der Waals surface area contributed by atoms with Crippen LogP contribution < -0.4 is 9.61 Å². The van der Waals surface area contributed by atoms with Crippen LogP contribution in [0.5, 0.6) is 5.75 Å². The molecule has 4 rings (SSSR count). The minimum absolute atomic E-state index is 0.0141. The lowest BCUT2D eigenvalue weighted by Crippen LogP contribution is -2.34. The summed E-state index contributed by atoms with van der Waals surface area (Å²) in [6.45, 7) is 9.40. The number of para-hydroxylation sites is 1. The average Bonchev–Trinajstić information content (AvgIpc) is 3.40. The van der Waals surface area contributed by atoms with Gasteiger partial charge in [-0.3, -0.25) is 9.36 Å². The molecule has 1 heterocycles. The van der Waals surface area contributed by atoms with Gasteiger partial charge in [-0.15, -0.1) is 11.3 Å². The maximum atomic E-state index is 14.1. The van der Waals surface area contributed by atoms with Gasteiger partial charge in [0.15, 0.2) is 0 Å². The molecule has 0 fully saturated rings. The van der Waals surface area contributed by atoms with E-state index in [1.807, 2.05) is 68.4 Å². The number of carbonyl (C=O) groups is 2. The summed E-state index contributed by atoms with van der Waals surface area (Å²) in [5.41, 5.74) is 1.58.